The molecule has 3 heterocycles. The van der Waals surface area contributed by atoms with Gasteiger partial charge < -0.3 is 24.8 Å². The molecule has 1 fully saturated rings. The van der Waals surface area contributed by atoms with Crippen LogP contribution in [0.5, 0.6) is 5.75 Å². The summed E-state index contributed by atoms with van der Waals surface area (Å²) in [5.41, 5.74) is 0.878. The van der Waals surface area contributed by atoms with Crippen molar-refractivity contribution in [3.8, 4) is 5.75 Å². The van der Waals surface area contributed by atoms with Gasteiger partial charge in [0.05, 0.1) is 29.0 Å². The number of carboxylic acid groups (broad SMARTS) is 1. The van der Waals surface area contributed by atoms with Gasteiger partial charge in [0, 0.05) is 12.7 Å². The number of thiophene rings is 1. The fraction of sp³-hybridized carbons (Fsp3) is 0.381. The van der Waals surface area contributed by atoms with Crippen molar-refractivity contribution < 1.29 is 29.0 Å². The maximum absolute atomic E-state index is 13.2. The zero-order valence-corrected chi connectivity index (χ0v) is 17.2. The van der Waals surface area contributed by atoms with Crippen molar-refractivity contribution in [3.63, 3.8) is 0 Å². The third-order valence-corrected chi connectivity index (χ3v) is 6.29. The average Bonchev–Trinajstić information content (AvgIpc) is 3.26. The second-order valence-corrected chi connectivity index (χ2v) is 8.36. The Kier molecular flexibility index (Phi) is 5.74. The lowest BCUT2D eigenvalue weighted by Crippen LogP contribution is -2.53. The van der Waals surface area contributed by atoms with Crippen molar-refractivity contribution in [2.45, 2.75) is 37.5 Å². The predicted octanol–water partition coefficient (Wildman–Crippen LogP) is 2.86. The van der Waals surface area contributed by atoms with Crippen LogP contribution in [0.25, 0.3) is 0 Å². The van der Waals surface area contributed by atoms with E-state index in [1.165, 1.54) is 11.3 Å². The molecular formula is C21H22N2O6S. The van der Waals surface area contributed by atoms with E-state index in [4.69, 9.17) is 14.6 Å². The average molecular weight is 430 g/mol. The summed E-state index contributed by atoms with van der Waals surface area (Å²) in [5, 5.41) is 13.7. The summed E-state index contributed by atoms with van der Waals surface area (Å²) in [6, 6.07) is 8.29. The number of likely N-dealkylation sites (N-methyl/N-ethyl adjacent to an activating group) is 1. The van der Waals surface area contributed by atoms with Crippen molar-refractivity contribution in [2.24, 2.45) is 0 Å². The van der Waals surface area contributed by atoms with Gasteiger partial charge in [0.2, 0.25) is 0 Å². The minimum Gasteiger partial charge on any atom is -0.490 e. The topological polar surface area (TPSA) is 105 Å². The molecule has 2 N–H and O–H groups in total. The van der Waals surface area contributed by atoms with Crippen molar-refractivity contribution >= 4 is 34.8 Å². The van der Waals surface area contributed by atoms with Gasteiger partial charge in [-0.15, -0.1) is 11.3 Å². The van der Waals surface area contributed by atoms with E-state index in [1.807, 2.05) is 5.38 Å². The molecule has 0 aliphatic carbocycles. The highest BCUT2D eigenvalue weighted by atomic mass is 32.1. The Morgan fingerprint density at radius 1 is 1.30 bits per heavy atom. The Labute approximate surface area is 177 Å². The first kappa shape index (κ1) is 20.4. The van der Waals surface area contributed by atoms with Crippen molar-refractivity contribution in [3.05, 3.63) is 46.2 Å². The predicted molar refractivity (Wildman–Crippen MR) is 110 cm³/mol. The Morgan fingerprint density at radius 2 is 2.13 bits per heavy atom. The first-order chi connectivity index (χ1) is 14.4. The normalized spacial score (nSPS) is 23.4. The molecule has 1 aromatic carbocycles. The third-order valence-electron chi connectivity index (χ3n) is 5.42. The monoisotopic (exact) mass is 430 g/mol. The van der Waals surface area contributed by atoms with Gasteiger partial charge in [-0.2, -0.15) is 0 Å². The fourth-order valence-electron chi connectivity index (χ4n) is 3.90. The zero-order chi connectivity index (χ0) is 21.3. The number of aliphatic carboxylic acids is 1. The van der Waals surface area contributed by atoms with Gasteiger partial charge in [0.25, 0.3) is 11.8 Å². The molecule has 8 nitrogen and oxygen atoms in total. The van der Waals surface area contributed by atoms with E-state index >= 15 is 0 Å². The lowest BCUT2D eigenvalue weighted by atomic mass is 9.94. The van der Waals surface area contributed by atoms with Crippen molar-refractivity contribution in [2.75, 3.05) is 19.0 Å². The Morgan fingerprint density at radius 3 is 2.87 bits per heavy atom. The second-order valence-electron chi connectivity index (χ2n) is 7.41. The van der Waals surface area contributed by atoms with E-state index < -0.39 is 12.1 Å². The summed E-state index contributed by atoms with van der Waals surface area (Å²) in [4.78, 5) is 38.7. The van der Waals surface area contributed by atoms with E-state index in [9.17, 15) is 14.4 Å². The Bertz CT molecular complexity index is 960. The number of anilines is 1. The lowest BCUT2D eigenvalue weighted by Gasteiger charge is -2.42. The summed E-state index contributed by atoms with van der Waals surface area (Å²) in [5.74, 6) is -0.963. The minimum absolute atomic E-state index is 0.0647. The fourth-order valence-corrected chi connectivity index (χ4v) is 4.52. The number of amides is 2. The van der Waals surface area contributed by atoms with Crippen LogP contribution in [0.3, 0.4) is 0 Å². The van der Waals surface area contributed by atoms with E-state index in [-0.39, 0.29) is 37.0 Å². The summed E-state index contributed by atoms with van der Waals surface area (Å²) < 4.78 is 11.8. The molecule has 9 heteroatoms. The van der Waals surface area contributed by atoms with E-state index in [0.29, 0.717) is 34.7 Å². The number of hydrogen-bond donors (Lipinski definition) is 2. The molecule has 0 spiro atoms. The van der Waals surface area contributed by atoms with Gasteiger partial charge in [0.1, 0.15) is 18.5 Å². The highest BCUT2D eigenvalue weighted by Gasteiger charge is 2.39. The summed E-state index contributed by atoms with van der Waals surface area (Å²) in [6.07, 6.45) is 0.353. The molecule has 0 bridgehead atoms. The smallest absolute Gasteiger partial charge is 0.305 e. The highest BCUT2D eigenvalue weighted by molar-refractivity contribution is 7.12. The van der Waals surface area contributed by atoms with Crippen LogP contribution in [0.2, 0.25) is 0 Å². The van der Waals surface area contributed by atoms with Gasteiger partial charge in [-0.05, 0) is 42.5 Å². The van der Waals surface area contributed by atoms with Crippen LogP contribution in [0, 0.1) is 0 Å². The molecule has 0 radical (unpaired) electrons. The Balaban J connectivity index is 1.54. The first-order valence-electron chi connectivity index (χ1n) is 9.68. The zero-order valence-electron chi connectivity index (χ0n) is 16.4. The van der Waals surface area contributed by atoms with Gasteiger partial charge in [-0.1, -0.05) is 6.07 Å². The number of carbonyl (C=O) groups excluding carboxylic acids is 2. The van der Waals surface area contributed by atoms with Crippen LogP contribution >= 0.6 is 11.3 Å². The van der Waals surface area contributed by atoms with Crippen LogP contribution in [-0.4, -0.2) is 59.7 Å². The quantitative estimate of drug-likeness (QED) is 0.773. The molecule has 2 aliphatic heterocycles. The van der Waals surface area contributed by atoms with Gasteiger partial charge in [-0.3, -0.25) is 14.4 Å². The number of benzene rings is 1. The summed E-state index contributed by atoms with van der Waals surface area (Å²) in [7, 11) is 1.72. The number of nitrogens with one attached hydrogen (secondary N) is 1. The van der Waals surface area contributed by atoms with Crippen molar-refractivity contribution in [1.29, 1.82) is 0 Å². The maximum atomic E-state index is 13.2. The lowest BCUT2D eigenvalue weighted by molar-refractivity contribution is -0.148. The molecule has 1 aromatic heterocycles. The molecule has 2 aromatic rings. The van der Waals surface area contributed by atoms with Gasteiger partial charge in [-0.25, -0.2) is 0 Å². The number of rotatable bonds is 4. The SMILES string of the molecule is CN1C(=O)c2cc(NC(=O)c3cccs3)ccc2OC[C@H]2O[C@@H](CC(=O)O)CC[C@@H]21. The molecule has 2 amide bonds. The van der Waals surface area contributed by atoms with E-state index in [2.05, 4.69) is 5.32 Å². The molecule has 2 aliphatic rings. The van der Waals surface area contributed by atoms with Crippen LogP contribution in [-0.2, 0) is 9.53 Å². The van der Waals surface area contributed by atoms with Crippen LogP contribution in [0.15, 0.2) is 35.7 Å². The van der Waals surface area contributed by atoms with Crippen molar-refractivity contribution in [1.82, 2.24) is 4.90 Å². The van der Waals surface area contributed by atoms with Crippen LogP contribution < -0.4 is 10.1 Å². The van der Waals surface area contributed by atoms with Gasteiger partial charge >= 0.3 is 5.97 Å². The van der Waals surface area contributed by atoms with Crippen LogP contribution in [0.4, 0.5) is 5.69 Å². The van der Waals surface area contributed by atoms with E-state index in [1.54, 1.807) is 42.3 Å². The third kappa shape index (κ3) is 4.17. The second kappa shape index (κ2) is 8.45. The molecule has 3 atom stereocenters. The molecule has 1 saturated heterocycles. The number of carboxylic acids is 1. The number of carbonyl (C=O) groups is 3. The van der Waals surface area contributed by atoms with Crippen LogP contribution in [0.1, 0.15) is 39.3 Å². The largest absolute Gasteiger partial charge is 0.490 e. The number of ether oxygens (including phenoxy) is 2. The standard InChI is InChI=1S/C21H22N2O6S/c1-23-15-6-5-13(10-19(24)25)29-17(15)11-28-16-7-4-12(9-14(16)21(23)27)22-20(26)18-3-2-8-30-18/h2-4,7-9,13,15,17H,5-6,10-11H2,1H3,(H,22,26)(H,24,25)/t13-,15+,17-/m1/s1. The Hall–Kier alpha value is -2.91. The molecular weight excluding hydrogens is 408 g/mol. The number of fused-ring (bicyclic) bond motifs is 2. The first-order valence-corrected chi connectivity index (χ1v) is 10.6. The molecule has 0 unspecified atom stereocenters. The summed E-state index contributed by atoms with van der Waals surface area (Å²) >= 11 is 1.34. The molecule has 158 valence electrons. The number of hydrogen-bond acceptors (Lipinski definition) is 6. The molecule has 30 heavy (non-hydrogen) atoms. The van der Waals surface area contributed by atoms with E-state index in [0.717, 1.165) is 0 Å². The maximum Gasteiger partial charge on any atom is 0.305 e. The molecule has 0 saturated carbocycles. The molecule has 4 rings (SSSR count). The number of nitrogens with zero attached hydrogens (tertiary/aromatic N) is 1. The van der Waals surface area contributed by atoms with Gasteiger partial charge in [0.15, 0.2) is 0 Å². The summed E-state index contributed by atoms with van der Waals surface area (Å²) in [6.45, 7) is 0.215. The minimum atomic E-state index is -0.905. The highest BCUT2D eigenvalue weighted by Crippen LogP contribution is 2.32.